The number of fused-ring (bicyclic) bond motifs is 1. The summed E-state index contributed by atoms with van der Waals surface area (Å²) in [5.41, 5.74) is 4.50. The van der Waals surface area contributed by atoms with E-state index < -0.39 is 0 Å². The van der Waals surface area contributed by atoms with E-state index >= 15 is 0 Å². The van der Waals surface area contributed by atoms with Crippen LogP contribution in [0.4, 0.5) is 5.69 Å². The van der Waals surface area contributed by atoms with Gasteiger partial charge >= 0.3 is 0 Å². The van der Waals surface area contributed by atoms with E-state index in [9.17, 15) is 4.79 Å². The van der Waals surface area contributed by atoms with Crippen LogP contribution in [0.3, 0.4) is 0 Å². The van der Waals surface area contributed by atoms with Crippen LogP contribution in [0.15, 0.2) is 30.3 Å². The van der Waals surface area contributed by atoms with Crippen LogP contribution in [0.1, 0.15) is 36.7 Å². The number of hydrogen-bond donors (Lipinski definition) is 3. The number of pyridine rings is 1. The second-order valence-electron chi connectivity index (χ2n) is 5.77. The van der Waals surface area contributed by atoms with Gasteiger partial charge in [-0.1, -0.05) is 31.0 Å². The van der Waals surface area contributed by atoms with Gasteiger partial charge in [0.1, 0.15) is 5.69 Å². The molecule has 1 fully saturated rings. The quantitative estimate of drug-likeness (QED) is 0.582. The summed E-state index contributed by atoms with van der Waals surface area (Å²) >= 11 is 0. The number of amides is 1. The van der Waals surface area contributed by atoms with Crippen molar-refractivity contribution in [3.63, 3.8) is 0 Å². The number of nitrogens with two attached hydrogens (primary N) is 1. The molecule has 4 N–H and O–H groups in total. The molecule has 1 heterocycles. The first kappa shape index (κ1) is 13.8. The third kappa shape index (κ3) is 3.13. The van der Waals surface area contributed by atoms with Crippen molar-refractivity contribution in [1.29, 1.82) is 0 Å². The highest BCUT2D eigenvalue weighted by Crippen LogP contribution is 2.33. The summed E-state index contributed by atoms with van der Waals surface area (Å²) in [5, 5.41) is 3.92. The Morgan fingerprint density at radius 2 is 2.19 bits per heavy atom. The van der Waals surface area contributed by atoms with Crippen molar-refractivity contribution in [2.45, 2.75) is 32.2 Å². The summed E-state index contributed by atoms with van der Waals surface area (Å²) in [4.78, 5) is 16.8. The van der Waals surface area contributed by atoms with Crippen LogP contribution in [-0.2, 0) is 0 Å². The van der Waals surface area contributed by atoms with Crippen molar-refractivity contribution in [2.75, 3.05) is 5.43 Å². The lowest BCUT2D eigenvalue weighted by molar-refractivity contribution is 0.0933. The van der Waals surface area contributed by atoms with E-state index in [1.165, 1.54) is 12.8 Å². The number of anilines is 1. The average Bonchev–Trinajstić information content (AvgIpc) is 3.29. The van der Waals surface area contributed by atoms with Crippen LogP contribution in [0.2, 0.25) is 0 Å². The minimum absolute atomic E-state index is 0.148. The van der Waals surface area contributed by atoms with Gasteiger partial charge in [-0.2, -0.15) is 0 Å². The van der Waals surface area contributed by atoms with Gasteiger partial charge < -0.3 is 10.7 Å². The van der Waals surface area contributed by atoms with E-state index in [-0.39, 0.29) is 11.9 Å². The molecule has 1 aliphatic rings. The van der Waals surface area contributed by atoms with Gasteiger partial charge in [-0.25, -0.2) is 4.98 Å². The average molecular weight is 284 g/mol. The largest absolute Gasteiger partial charge is 0.348 e. The van der Waals surface area contributed by atoms with E-state index in [0.717, 1.165) is 23.2 Å². The maximum Gasteiger partial charge on any atom is 0.270 e. The Hall–Kier alpha value is -2.14. The van der Waals surface area contributed by atoms with E-state index in [1.807, 2.05) is 31.2 Å². The summed E-state index contributed by atoms with van der Waals surface area (Å²) in [7, 11) is 0. The highest BCUT2D eigenvalue weighted by Gasteiger charge is 2.24. The lowest BCUT2D eigenvalue weighted by Gasteiger charge is -2.14. The molecule has 0 saturated heterocycles. The smallest absolute Gasteiger partial charge is 0.270 e. The van der Waals surface area contributed by atoms with Gasteiger partial charge in [-0.15, -0.1) is 0 Å². The third-order valence-electron chi connectivity index (χ3n) is 3.87. The van der Waals surface area contributed by atoms with Gasteiger partial charge in [0, 0.05) is 11.4 Å². The van der Waals surface area contributed by atoms with Crippen LogP contribution < -0.4 is 16.6 Å². The first-order valence-electron chi connectivity index (χ1n) is 7.34. The van der Waals surface area contributed by atoms with Gasteiger partial charge in [0.25, 0.3) is 5.91 Å². The lowest BCUT2D eigenvalue weighted by atomic mass is 10.1. The van der Waals surface area contributed by atoms with E-state index in [1.54, 1.807) is 6.07 Å². The molecule has 0 radical (unpaired) electrons. The Kier molecular flexibility index (Phi) is 3.75. The molecule has 5 heteroatoms. The van der Waals surface area contributed by atoms with Crippen LogP contribution in [0.25, 0.3) is 10.9 Å². The molecule has 21 heavy (non-hydrogen) atoms. The van der Waals surface area contributed by atoms with Crippen LogP contribution >= 0.6 is 0 Å². The summed E-state index contributed by atoms with van der Waals surface area (Å²) < 4.78 is 0. The van der Waals surface area contributed by atoms with Gasteiger partial charge in [0.15, 0.2) is 0 Å². The van der Waals surface area contributed by atoms with Crippen molar-refractivity contribution >= 4 is 22.5 Å². The van der Waals surface area contributed by atoms with Gasteiger partial charge in [-0.3, -0.25) is 10.6 Å². The molecule has 0 spiro atoms. The normalized spacial score (nSPS) is 15.7. The molecule has 110 valence electrons. The molecule has 1 aliphatic carbocycles. The fourth-order valence-corrected chi connectivity index (χ4v) is 2.62. The molecule has 1 saturated carbocycles. The van der Waals surface area contributed by atoms with Crippen molar-refractivity contribution in [3.8, 4) is 0 Å². The molecule has 1 amide bonds. The molecule has 0 aliphatic heterocycles. The number of para-hydroxylation sites is 1. The standard InChI is InChI=1S/C16H20N4O/c1-10(8-11-6-7-11)18-16(21)15-9-14(20-17)12-4-2-3-5-13(12)19-15/h2-5,9-11H,6-8,17H2,1H3,(H,18,21)(H,19,20). The van der Waals surface area contributed by atoms with Crippen LogP contribution in [0, 0.1) is 5.92 Å². The number of carbonyl (C=O) groups excluding carboxylic acids is 1. The van der Waals surface area contributed by atoms with Crippen molar-refractivity contribution < 1.29 is 4.79 Å². The zero-order chi connectivity index (χ0) is 14.8. The van der Waals surface area contributed by atoms with E-state index in [2.05, 4.69) is 15.7 Å². The number of benzene rings is 1. The molecular weight excluding hydrogens is 264 g/mol. The first-order valence-corrected chi connectivity index (χ1v) is 7.34. The predicted octanol–water partition coefficient (Wildman–Crippen LogP) is 2.44. The third-order valence-corrected chi connectivity index (χ3v) is 3.87. The Balaban J connectivity index is 1.83. The van der Waals surface area contributed by atoms with Crippen molar-refractivity contribution in [2.24, 2.45) is 11.8 Å². The number of carbonyl (C=O) groups is 1. The molecule has 1 aromatic heterocycles. The zero-order valence-electron chi connectivity index (χ0n) is 12.1. The molecule has 1 unspecified atom stereocenters. The molecule has 2 aromatic rings. The fourth-order valence-electron chi connectivity index (χ4n) is 2.62. The highest BCUT2D eigenvalue weighted by molar-refractivity contribution is 5.99. The summed E-state index contributed by atoms with van der Waals surface area (Å²) in [5.74, 6) is 6.19. The highest BCUT2D eigenvalue weighted by atomic mass is 16.1. The minimum atomic E-state index is -0.148. The number of nitrogens with zero attached hydrogens (tertiary/aromatic N) is 1. The zero-order valence-corrected chi connectivity index (χ0v) is 12.1. The second-order valence-corrected chi connectivity index (χ2v) is 5.77. The molecule has 3 rings (SSSR count). The Morgan fingerprint density at radius 1 is 1.43 bits per heavy atom. The Morgan fingerprint density at radius 3 is 2.90 bits per heavy atom. The molecular formula is C16H20N4O. The predicted molar refractivity (Wildman–Crippen MR) is 83.8 cm³/mol. The van der Waals surface area contributed by atoms with Gasteiger partial charge in [0.05, 0.1) is 11.2 Å². The number of rotatable bonds is 5. The van der Waals surface area contributed by atoms with Crippen LogP contribution in [-0.4, -0.2) is 16.9 Å². The molecule has 1 atom stereocenters. The number of hydrogen-bond acceptors (Lipinski definition) is 4. The summed E-state index contributed by atoms with van der Waals surface area (Å²) in [6.07, 6.45) is 3.62. The molecule has 5 nitrogen and oxygen atoms in total. The number of aromatic nitrogens is 1. The van der Waals surface area contributed by atoms with E-state index in [0.29, 0.717) is 11.4 Å². The van der Waals surface area contributed by atoms with Crippen LogP contribution in [0.5, 0.6) is 0 Å². The van der Waals surface area contributed by atoms with Crippen molar-refractivity contribution in [1.82, 2.24) is 10.3 Å². The van der Waals surface area contributed by atoms with E-state index in [4.69, 9.17) is 5.84 Å². The number of hydrazine groups is 1. The minimum Gasteiger partial charge on any atom is -0.348 e. The molecule has 0 bridgehead atoms. The summed E-state index contributed by atoms with van der Waals surface area (Å²) in [6, 6.07) is 9.49. The maximum atomic E-state index is 12.3. The SMILES string of the molecule is CC(CC1CC1)NC(=O)c1cc(NN)c2ccccc2n1. The monoisotopic (exact) mass is 284 g/mol. The lowest BCUT2D eigenvalue weighted by Crippen LogP contribution is -2.33. The topological polar surface area (TPSA) is 80.0 Å². The summed E-state index contributed by atoms with van der Waals surface area (Å²) in [6.45, 7) is 2.04. The second kappa shape index (κ2) is 5.69. The number of nitrogens with one attached hydrogen (secondary N) is 2. The maximum absolute atomic E-state index is 12.3. The molecule has 1 aromatic carbocycles. The Labute approximate surface area is 123 Å². The van der Waals surface area contributed by atoms with Crippen molar-refractivity contribution in [3.05, 3.63) is 36.0 Å². The fraction of sp³-hybridized carbons (Fsp3) is 0.375. The first-order chi connectivity index (χ1) is 10.2. The number of nitrogen functional groups attached to an aromatic ring is 1. The Bertz CT molecular complexity index is 666. The van der Waals surface area contributed by atoms with Gasteiger partial charge in [0.2, 0.25) is 0 Å². The van der Waals surface area contributed by atoms with Gasteiger partial charge in [-0.05, 0) is 31.4 Å².